The monoisotopic (exact) mass is 464 g/mol. The van der Waals surface area contributed by atoms with E-state index in [1.165, 1.54) is 17.3 Å². The van der Waals surface area contributed by atoms with E-state index >= 15 is 0 Å². The number of carbonyl (C=O) groups excluding carboxylic acids is 1. The normalized spacial score (nSPS) is 20.3. The van der Waals surface area contributed by atoms with Gasteiger partial charge in [-0.25, -0.2) is 9.97 Å². The van der Waals surface area contributed by atoms with Crippen LogP contribution in [0.2, 0.25) is 0 Å². The lowest BCUT2D eigenvalue weighted by Crippen LogP contribution is -2.39. The molecule has 0 bridgehead atoms. The summed E-state index contributed by atoms with van der Waals surface area (Å²) < 4.78 is 5.39. The van der Waals surface area contributed by atoms with Crippen molar-refractivity contribution in [2.75, 3.05) is 18.2 Å². The van der Waals surface area contributed by atoms with Crippen LogP contribution in [0.15, 0.2) is 41.7 Å². The van der Waals surface area contributed by atoms with Gasteiger partial charge in [0, 0.05) is 36.8 Å². The number of hydrogen-bond acceptors (Lipinski definition) is 8. The lowest BCUT2D eigenvalue weighted by molar-refractivity contribution is -0.113. The predicted octanol–water partition coefficient (Wildman–Crippen LogP) is 3.27. The minimum atomic E-state index is -0.0170. The first-order valence-corrected chi connectivity index (χ1v) is 12.3. The largest absolute Gasteiger partial charge is 0.497 e. The second-order valence-corrected chi connectivity index (χ2v) is 9.48. The van der Waals surface area contributed by atoms with Crippen molar-refractivity contribution in [2.24, 2.45) is 0 Å². The molecule has 2 aromatic heterocycles. The lowest BCUT2D eigenvalue weighted by Gasteiger charge is -2.30. The number of benzene rings is 1. The highest BCUT2D eigenvalue weighted by molar-refractivity contribution is 8.00. The summed E-state index contributed by atoms with van der Waals surface area (Å²) in [6.45, 7) is 1.48. The van der Waals surface area contributed by atoms with E-state index in [0.717, 1.165) is 59.6 Å². The van der Waals surface area contributed by atoms with Gasteiger partial charge in [-0.3, -0.25) is 9.78 Å². The van der Waals surface area contributed by atoms with E-state index in [-0.39, 0.29) is 5.91 Å². The molecule has 1 amide bonds. The molecule has 3 aromatic rings. The number of pyridine rings is 1. The number of methoxy groups -OCH3 is 1. The third-order valence-electron chi connectivity index (χ3n) is 6.31. The van der Waals surface area contributed by atoms with Gasteiger partial charge in [0.25, 0.3) is 0 Å². The molecule has 0 atom stereocenters. The summed E-state index contributed by atoms with van der Waals surface area (Å²) in [4.78, 5) is 25.0. The highest BCUT2D eigenvalue weighted by Gasteiger charge is 2.22. The number of aromatic nitrogens is 3. The molecule has 33 heavy (non-hydrogen) atoms. The van der Waals surface area contributed by atoms with Gasteiger partial charge in [0.1, 0.15) is 10.8 Å². The fraction of sp³-hybridized carbons (Fsp3) is 0.417. The summed E-state index contributed by atoms with van der Waals surface area (Å²) >= 11 is 1.43. The molecule has 1 saturated carbocycles. The van der Waals surface area contributed by atoms with Crippen molar-refractivity contribution in [3.8, 4) is 5.75 Å². The minimum Gasteiger partial charge on any atom is -0.497 e. The van der Waals surface area contributed by atoms with Crippen LogP contribution in [0, 0.1) is 0 Å². The van der Waals surface area contributed by atoms with Gasteiger partial charge in [0.05, 0.1) is 30.3 Å². The number of ether oxygens (including phenoxy) is 1. The molecule has 2 aliphatic rings. The van der Waals surface area contributed by atoms with E-state index in [9.17, 15) is 4.79 Å². The van der Waals surface area contributed by atoms with Crippen molar-refractivity contribution in [3.63, 3.8) is 0 Å². The van der Waals surface area contributed by atoms with E-state index in [0.29, 0.717) is 30.2 Å². The van der Waals surface area contributed by atoms with Gasteiger partial charge in [0.15, 0.2) is 5.82 Å². The fourth-order valence-corrected chi connectivity index (χ4v) is 5.16. The van der Waals surface area contributed by atoms with E-state index in [1.54, 1.807) is 13.3 Å². The third kappa shape index (κ3) is 5.26. The number of nitrogens with one attached hydrogen (secondary N) is 3. The number of anilines is 1. The first-order valence-electron chi connectivity index (χ1n) is 11.3. The Balaban J connectivity index is 1.11. The van der Waals surface area contributed by atoms with Gasteiger partial charge >= 0.3 is 0 Å². The van der Waals surface area contributed by atoms with E-state index < -0.39 is 0 Å². The number of hydrogen-bond donors (Lipinski definition) is 3. The summed E-state index contributed by atoms with van der Waals surface area (Å²) in [5, 5.41) is 12.1. The molecule has 9 heteroatoms. The Bertz CT molecular complexity index is 1150. The smallest absolute Gasteiger partial charge is 0.236 e. The van der Waals surface area contributed by atoms with Crippen molar-refractivity contribution in [2.45, 2.75) is 55.9 Å². The first-order chi connectivity index (χ1) is 16.2. The maximum absolute atomic E-state index is 11.6. The molecule has 1 aromatic carbocycles. The summed E-state index contributed by atoms with van der Waals surface area (Å²) in [7, 11) is 1.69. The second kappa shape index (κ2) is 10.0. The molecule has 1 aliphatic heterocycles. The Morgan fingerprint density at radius 1 is 1.09 bits per heavy atom. The molecular weight excluding hydrogens is 436 g/mol. The maximum Gasteiger partial charge on any atom is 0.236 e. The van der Waals surface area contributed by atoms with Crippen molar-refractivity contribution >= 4 is 34.4 Å². The van der Waals surface area contributed by atoms with Gasteiger partial charge in [-0.2, -0.15) is 0 Å². The number of thioether (sulfide) groups is 1. The molecule has 1 fully saturated rings. The summed E-state index contributed by atoms with van der Waals surface area (Å²) in [6, 6.07) is 9.08. The average Bonchev–Trinajstić information content (AvgIpc) is 2.86. The van der Waals surface area contributed by atoms with Crippen molar-refractivity contribution < 1.29 is 9.53 Å². The van der Waals surface area contributed by atoms with Gasteiger partial charge in [-0.15, -0.1) is 0 Å². The van der Waals surface area contributed by atoms with Crippen molar-refractivity contribution in [3.05, 3.63) is 47.9 Å². The van der Waals surface area contributed by atoms with Crippen LogP contribution >= 0.6 is 11.8 Å². The third-order valence-corrected chi connectivity index (χ3v) is 7.28. The number of fused-ring (bicyclic) bond motifs is 2. The van der Waals surface area contributed by atoms with Gasteiger partial charge < -0.3 is 20.7 Å². The van der Waals surface area contributed by atoms with Crippen LogP contribution in [0.1, 0.15) is 36.9 Å². The summed E-state index contributed by atoms with van der Waals surface area (Å²) in [6.07, 6.45) is 8.18. The molecule has 0 unspecified atom stereocenters. The Hall–Kier alpha value is -2.75. The van der Waals surface area contributed by atoms with Crippen LogP contribution < -0.4 is 20.7 Å². The Morgan fingerprint density at radius 3 is 2.67 bits per heavy atom. The second-order valence-electron chi connectivity index (χ2n) is 8.52. The summed E-state index contributed by atoms with van der Waals surface area (Å²) in [5.41, 5.74) is 3.10. The molecule has 1 aliphatic carbocycles. The molecule has 0 radical (unpaired) electrons. The SMILES string of the molecule is COc1ccc2nccc(CNC3CCC(NCc4cnc5c(n4)NC(=O)CS5)CC3)c2c1. The number of rotatable bonds is 7. The zero-order valence-corrected chi connectivity index (χ0v) is 19.5. The first kappa shape index (κ1) is 22.1. The quantitative estimate of drug-likeness (QED) is 0.490. The minimum absolute atomic E-state index is 0.0170. The molecule has 0 saturated heterocycles. The number of nitrogens with zero attached hydrogens (tertiary/aromatic N) is 3. The van der Waals surface area contributed by atoms with E-state index in [2.05, 4.69) is 43.0 Å². The van der Waals surface area contributed by atoms with Gasteiger partial charge in [0.2, 0.25) is 5.91 Å². The maximum atomic E-state index is 11.6. The van der Waals surface area contributed by atoms with Gasteiger partial charge in [-0.1, -0.05) is 11.8 Å². The molecule has 172 valence electrons. The average molecular weight is 465 g/mol. The topological polar surface area (TPSA) is 101 Å². The van der Waals surface area contributed by atoms with Crippen LogP contribution in [0.3, 0.4) is 0 Å². The van der Waals surface area contributed by atoms with Crippen LogP contribution in [0.25, 0.3) is 10.9 Å². The van der Waals surface area contributed by atoms with Crippen LogP contribution in [0.4, 0.5) is 5.82 Å². The van der Waals surface area contributed by atoms with Crippen LogP contribution in [-0.4, -0.2) is 45.8 Å². The molecule has 0 spiro atoms. The van der Waals surface area contributed by atoms with Crippen molar-refractivity contribution in [1.82, 2.24) is 25.6 Å². The van der Waals surface area contributed by atoms with Crippen LogP contribution in [-0.2, 0) is 17.9 Å². The highest BCUT2D eigenvalue weighted by atomic mass is 32.2. The number of carbonyl (C=O) groups is 1. The molecule has 3 N–H and O–H groups in total. The molecule has 3 heterocycles. The zero-order chi connectivity index (χ0) is 22.6. The van der Waals surface area contributed by atoms with E-state index in [4.69, 9.17) is 4.74 Å². The van der Waals surface area contributed by atoms with Crippen molar-refractivity contribution in [1.29, 1.82) is 0 Å². The Morgan fingerprint density at radius 2 is 1.88 bits per heavy atom. The van der Waals surface area contributed by atoms with Gasteiger partial charge in [-0.05, 0) is 55.5 Å². The Labute approximate surface area is 197 Å². The Kier molecular flexibility index (Phi) is 6.70. The molecule has 5 rings (SSSR count). The number of amides is 1. The fourth-order valence-electron chi connectivity index (χ4n) is 4.46. The molecular formula is C24H28N6O2S. The molecule has 8 nitrogen and oxygen atoms in total. The van der Waals surface area contributed by atoms with Crippen LogP contribution in [0.5, 0.6) is 5.75 Å². The predicted molar refractivity (Wildman–Crippen MR) is 129 cm³/mol. The standard InChI is InChI=1S/C24H28N6O2S/c1-32-19-6-7-21-20(10-19)15(8-9-25-21)11-26-16-2-4-17(5-3-16)27-12-18-13-28-24-23(29-18)30-22(31)14-33-24/h6-10,13,16-17,26-27H,2-5,11-12,14H2,1H3,(H,29,30,31). The zero-order valence-electron chi connectivity index (χ0n) is 18.6. The highest BCUT2D eigenvalue weighted by Crippen LogP contribution is 2.27. The summed E-state index contributed by atoms with van der Waals surface area (Å²) in [5.74, 6) is 1.83. The lowest BCUT2D eigenvalue weighted by atomic mass is 9.91. The van der Waals surface area contributed by atoms with E-state index in [1.807, 2.05) is 18.3 Å².